The minimum Gasteiger partial charge on any atom is -0.444 e. The highest BCUT2D eigenvalue weighted by molar-refractivity contribution is 6.12. The van der Waals surface area contributed by atoms with Gasteiger partial charge in [0.2, 0.25) is 0 Å². The molecular formula is C25H26N4O4. The smallest absolute Gasteiger partial charge is 0.412 e. The molecule has 0 radical (unpaired) electrons. The molecule has 4 aromatic rings. The summed E-state index contributed by atoms with van der Waals surface area (Å²) in [7, 11) is 3.38. The summed E-state index contributed by atoms with van der Waals surface area (Å²) in [4.78, 5) is 37.9. The molecule has 1 aromatic heterocycles. The van der Waals surface area contributed by atoms with Gasteiger partial charge in [0.15, 0.2) is 0 Å². The lowest BCUT2D eigenvalue weighted by Gasteiger charge is -2.20. The molecular weight excluding hydrogens is 420 g/mol. The standard InChI is InChI=1S/C25H26N4O4/c1-25(2,3)33-23(31)27-19-13-16-9-7-6-8-15(16)12-18(19)22(30)26-17-10-11-20-21(14-17)29(5)24(32)28(20)4/h6-14H,1-5H3,(H,26,30)(H,27,31). The maximum absolute atomic E-state index is 13.3. The van der Waals surface area contributed by atoms with Crippen LogP contribution in [-0.2, 0) is 18.8 Å². The second kappa shape index (κ2) is 8.12. The van der Waals surface area contributed by atoms with E-state index in [0.29, 0.717) is 22.5 Å². The van der Waals surface area contributed by atoms with Crippen LogP contribution in [-0.4, -0.2) is 26.7 Å². The van der Waals surface area contributed by atoms with Crippen LogP contribution in [0.1, 0.15) is 31.1 Å². The van der Waals surface area contributed by atoms with Crippen molar-refractivity contribution in [2.75, 3.05) is 10.6 Å². The van der Waals surface area contributed by atoms with Crippen LogP contribution >= 0.6 is 0 Å². The zero-order chi connectivity index (χ0) is 23.9. The second-order valence-electron chi connectivity index (χ2n) is 8.93. The normalized spacial score (nSPS) is 11.5. The molecule has 170 valence electrons. The molecule has 2 N–H and O–H groups in total. The molecule has 4 rings (SSSR count). The first-order chi connectivity index (χ1) is 15.5. The second-order valence-corrected chi connectivity index (χ2v) is 8.93. The van der Waals surface area contributed by atoms with E-state index in [1.807, 2.05) is 24.3 Å². The minimum atomic E-state index is -0.676. The number of nitrogens with zero attached hydrogens (tertiary/aromatic N) is 2. The van der Waals surface area contributed by atoms with Crippen molar-refractivity contribution in [2.45, 2.75) is 26.4 Å². The summed E-state index contributed by atoms with van der Waals surface area (Å²) >= 11 is 0. The van der Waals surface area contributed by atoms with Crippen LogP contribution in [0.2, 0.25) is 0 Å². The number of fused-ring (bicyclic) bond motifs is 2. The van der Waals surface area contributed by atoms with E-state index < -0.39 is 17.6 Å². The Labute approximate surface area is 190 Å². The van der Waals surface area contributed by atoms with Crippen molar-refractivity contribution >= 4 is 45.2 Å². The number of benzene rings is 3. The van der Waals surface area contributed by atoms with Crippen molar-refractivity contribution in [3.8, 4) is 0 Å². The van der Waals surface area contributed by atoms with Gasteiger partial charge in [-0.3, -0.25) is 19.2 Å². The summed E-state index contributed by atoms with van der Waals surface area (Å²) in [5.41, 5.74) is 1.81. The quantitative estimate of drug-likeness (QED) is 0.480. The van der Waals surface area contributed by atoms with Gasteiger partial charge in [-0.2, -0.15) is 0 Å². The fourth-order valence-electron chi connectivity index (χ4n) is 3.73. The third-order valence-corrected chi connectivity index (χ3v) is 5.30. The number of ether oxygens (including phenoxy) is 1. The fraction of sp³-hybridized carbons (Fsp3) is 0.240. The number of rotatable bonds is 3. The Kier molecular flexibility index (Phi) is 5.45. The molecule has 0 saturated carbocycles. The van der Waals surface area contributed by atoms with Crippen molar-refractivity contribution in [1.29, 1.82) is 0 Å². The molecule has 0 bridgehead atoms. The SMILES string of the molecule is Cn1c(=O)n(C)c2cc(NC(=O)c3cc4ccccc4cc3NC(=O)OC(C)(C)C)ccc21. The number of anilines is 2. The molecule has 0 aliphatic heterocycles. The van der Waals surface area contributed by atoms with Gasteiger partial charge in [0.1, 0.15) is 5.60 Å². The lowest BCUT2D eigenvalue weighted by molar-refractivity contribution is 0.0636. The molecule has 3 aromatic carbocycles. The average molecular weight is 447 g/mol. The molecule has 0 aliphatic carbocycles. The molecule has 0 aliphatic rings. The Bertz CT molecular complexity index is 1460. The Morgan fingerprint density at radius 3 is 2.15 bits per heavy atom. The van der Waals surface area contributed by atoms with E-state index in [1.54, 1.807) is 69.8 Å². The molecule has 0 spiro atoms. The van der Waals surface area contributed by atoms with Crippen molar-refractivity contribution in [3.05, 3.63) is 70.6 Å². The van der Waals surface area contributed by atoms with Crippen molar-refractivity contribution in [1.82, 2.24) is 9.13 Å². The van der Waals surface area contributed by atoms with Gasteiger partial charge in [0, 0.05) is 19.8 Å². The summed E-state index contributed by atoms with van der Waals surface area (Å²) < 4.78 is 8.44. The van der Waals surface area contributed by atoms with Crippen LogP contribution in [0.25, 0.3) is 21.8 Å². The summed E-state index contributed by atoms with van der Waals surface area (Å²) in [5, 5.41) is 7.32. The Morgan fingerprint density at radius 1 is 0.848 bits per heavy atom. The topological polar surface area (TPSA) is 94.4 Å². The Balaban J connectivity index is 1.71. The third kappa shape index (κ3) is 4.45. The minimum absolute atomic E-state index is 0.146. The number of aromatic nitrogens is 2. The molecule has 0 unspecified atom stereocenters. The predicted molar refractivity (Wildman–Crippen MR) is 130 cm³/mol. The zero-order valence-corrected chi connectivity index (χ0v) is 19.2. The number of hydrogen-bond donors (Lipinski definition) is 2. The fourth-order valence-corrected chi connectivity index (χ4v) is 3.73. The lowest BCUT2D eigenvalue weighted by atomic mass is 10.0. The number of hydrogen-bond acceptors (Lipinski definition) is 4. The van der Waals surface area contributed by atoms with Crippen molar-refractivity contribution in [2.24, 2.45) is 14.1 Å². The van der Waals surface area contributed by atoms with Crippen molar-refractivity contribution < 1.29 is 14.3 Å². The van der Waals surface area contributed by atoms with Gasteiger partial charge in [-0.15, -0.1) is 0 Å². The van der Waals surface area contributed by atoms with E-state index in [4.69, 9.17) is 4.74 Å². The first-order valence-electron chi connectivity index (χ1n) is 10.5. The van der Waals surface area contributed by atoms with Crippen LogP contribution in [0.15, 0.2) is 59.4 Å². The lowest BCUT2D eigenvalue weighted by Crippen LogP contribution is -2.28. The Hall–Kier alpha value is -4.07. The maximum Gasteiger partial charge on any atom is 0.412 e. The van der Waals surface area contributed by atoms with Gasteiger partial charge in [0.05, 0.1) is 22.3 Å². The largest absolute Gasteiger partial charge is 0.444 e. The summed E-state index contributed by atoms with van der Waals surface area (Å²) in [6.45, 7) is 5.31. The molecule has 0 saturated heterocycles. The first kappa shape index (κ1) is 22.1. The van der Waals surface area contributed by atoms with E-state index in [9.17, 15) is 14.4 Å². The third-order valence-electron chi connectivity index (χ3n) is 5.30. The highest BCUT2D eigenvalue weighted by Gasteiger charge is 2.20. The van der Waals surface area contributed by atoms with Gasteiger partial charge in [-0.25, -0.2) is 9.59 Å². The molecule has 0 fully saturated rings. The van der Waals surface area contributed by atoms with Crippen molar-refractivity contribution in [3.63, 3.8) is 0 Å². The van der Waals surface area contributed by atoms with E-state index in [1.165, 1.54) is 4.57 Å². The molecule has 2 amide bonds. The molecule has 33 heavy (non-hydrogen) atoms. The van der Waals surface area contributed by atoms with Crippen LogP contribution in [0.5, 0.6) is 0 Å². The highest BCUT2D eigenvalue weighted by atomic mass is 16.6. The molecule has 8 nitrogen and oxygen atoms in total. The highest BCUT2D eigenvalue weighted by Crippen LogP contribution is 2.26. The van der Waals surface area contributed by atoms with Gasteiger partial charge >= 0.3 is 11.8 Å². The zero-order valence-electron chi connectivity index (χ0n) is 19.2. The number of imidazole rings is 1. The first-order valence-corrected chi connectivity index (χ1v) is 10.5. The van der Waals surface area contributed by atoms with Crippen LogP contribution < -0.4 is 16.3 Å². The Morgan fingerprint density at radius 2 is 1.48 bits per heavy atom. The molecule has 1 heterocycles. The summed E-state index contributed by atoms with van der Waals surface area (Å²) in [6.07, 6.45) is -0.646. The number of nitrogens with one attached hydrogen (secondary N) is 2. The summed E-state index contributed by atoms with van der Waals surface area (Å²) in [5.74, 6) is -0.396. The number of carbonyl (C=O) groups is 2. The van der Waals surface area contributed by atoms with Crippen LogP contribution in [0.3, 0.4) is 0 Å². The van der Waals surface area contributed by atoms with Crippen LogP contribution in [0.4, 0.5) is 16.2 Å². The number of aryl methyl sites for hydroxylation is 2. The van der Waals surface area contributed by atoms with E-state index in [0.717, 1.165) is 16.3 Å². The van der Waals surface area contributed by atoms with E-state index in [2.05, 4.69) is 10.6 Å². The number of amides is 2. The van der Waals surface area contributed by atoms with Gasteiger partial charge in [0.25, 0.3) is 5.91 Å². The monoisotopic (exact) mass is 446 g/mol. The van der Waals surface area contributed by atoms with E-state index in [-0.39, 0.29) is 5.69 Å². The maximum atomic E-state index is 13.3. The van der Waals surface area contributed by atoms with Gasteiger partial charge in [-0.05, 0) is 61.9 Å². The molecule has 0 atom stereocenters. The van der Waals surface area contributed by atoms with E-state index >= 15 is 0 Å². The summed E-state index contributed by atoms with van der Waals surface area (Å²) in [6, 6.07) is 16.3. The number of carbonyl (C=O) groups excluding carboxylic acids is 2. The average Bonchev–Trinajstić information content (AvgIpc) is 2.95. The van der Waals surface area contributed by atoms with Gasteiger partial charge in [-0.1, -0.05) is 24.3 Å². The van der Waals surface area contributed by atoms with Crippen LogP contribution in [0, 0.1) is 0 Å². The predicted octanol–water partition coefficient (Wildman–Crippen LogP) is 4.63. The van der Waals surface area contributed by atoms with Gasteiger partial charge < -0.3 is 10.1 Å². The molecule has 8 heteroatoms.